The number of carbonyl (C=O) groups excluding carboxylic acids is 3. The molecule has 0 unspecified atom stereocenters. The summed E-state index contributed by atoms with van der Waals surface area (Å²) in [6.07, 6.45) is 0.854. The lowest BCUT2D eigenvalue weighted by Gasteiger charge is -2.25. The molecule has 0 aliphatic heterocycles. The van der Waals surface area contributed by atoms with Crippen LogP contribution in [-0.4, -0.2) is 47.8 Å². The Morgan fingerprint density at radius 3 is 2.50 bits per heavy atom. The van der Waals surface area contributed by atoms with E-state index in [9.17, 15) is 14.4 Å². The van der Waals surface area contributed by atoms with E-state index in [-0.39, 0.29) is 29.8 Å². The highest BCUT2D eigenvalue weighted by atomic mass is 32.1. The Kier molecular flexibility index (Phi) is 7.91. The van der Waals surface area contributed by atoms with Gasteiger partial charge in [-0.1, -0.05) is 0 Å². The molecule has 0 atom stereocenters. The molecule has 6 nitrogen and oxygen atoms in total. The molecule has 0 aliphatic rings. The van der Waals surface area contributed by atoms with E-state index in [1.165, 1.54) is 16.2 Å². The van der Waals surface area contributed by atoms with Gasteiger partial charge in [0.25, 0.3) is 5.91 Å². The van der Waals surface area contributed by atoms with E-state index < -0.39 is 0 Å². The summed E-state index contributed by atoms with van der Waals surface area (Å²) >= 11 is 1.47. The van der Waals surface area contributed by atoms with Gasteiger partial charge in [-0.25, -0.2) is 0 Å². The van der Waals surface area contributed by atoms with Crippen LogP contribution in [-0.2, 0) is 9.59 Å². The third kappa shape index (κ3) is 7.59. The van der Waals surface area contributed by atoms with Crippen molar-refractivity contribution in [3.63, 3.8) is 0 Å². The zero-order chi connectivity index (χ0) is 18.2. The quantitative estimate of drug-likeness (QED) is 0.702. The van der Waals surface area contributed by atoms with E-state index in [2.05, 4.69) is 10.6 Å². The van der Waals surface area contributed by atoms with Gasteiger partial charge in [0.15, 0.2) is 0 Å². The summed E-state index contributed by atoms with van der Waals surface area (Å²) in [7, 11) is 0. The molecule has 0 fully saturated rings. The summed E-state index contributed by atoms with van der Waals surface area (Å²) in [5, 5.41) is 9.27. The zero-order valence-electron chi connectivity index (χ0n) is 14.8. The summed E-state index contributed by atoms with van der Waals surface area (Å²) in [6, 6.07) is 1.76. The van der Waals surface area contributed by atoms with Crippen molar-refractivity contribution in [1.82, 2.24) is 15.5 Å². The number of thiophene rings is 1. The normalized spacial score (nSPS) is 11.0. The monoisotopic (exact) mass is 353 g/mol. The maximum Gasteiger partial charge on any atom is 0.252 e. The summed E-state index contributed by atoms with van der Waals surface area (Å²) in [5.74, 6) is -0.365. The van der Waals surface area contributed by atoms with Crippen molar-refractivity contribution in [2.75, 3.05) is 19.6 Å². The highest BCUT2D eigenvalue weighted by molar-refractivity contribution is 7.08. The van der Waals surface area contributed by atoms with Gasteiger partial charge < -0.3 is 15.5 Å². The van der Waals surface area contributed by atoms with E-state index in [1.807, 2.05) is 33.1 Å². The lowest BCUT2D eigenvalue weighted by molar-refractivity contribution is -0.136. The zero-order valence-corrected chi connectivity index (χ0v) is 15.7. The first-order chi connectivity index (χ1) is 11.2. The van der Waals surface area contributed by atoms with Crippen LogP contribution < -0.4 is 10.6 Å². The summed E-state index contributed by atoms with van der Waals surface area (Å²) in [5.41, 5.74) is 0.325. The van der Waals surface area contributed by atoms with Crippen LogP contribution in [0, 0.1) is 0 Å². The van der Waals surface area contributed by atoms with Gasteiger partial charge in [0.2, 0.25) is 11.8 Å². The molecule has 24 heavy (non-hydrogen) atoms. The number of hydrogen-bond acceptors (Lipinski definition) is 4. The first-order valence-electron chi connectivity index (χ1n) is 8.12. The van der Waals surface area contributed by atoms with Crippen LogP contribution in [0.5, 0.6) is 0 Å². The highest BCUT2D eigenvalue weighted by Crippen LogP contribution is 2.05. The fourth-order valence-corrected chi connectivity index (χ4v) is 2.74. The predicted molar refractivity (Wildman–Crippen MR) is 96.0 cm³/mol. The van der Waals surface area contributed by atoms with Crippen molar-refractivity contribution in [1.29, 1.82) is 0 Å². The molecule has 134 valence electrons. The van der Waals surface area contributed by atoms with Gasteiger partial charge in [-0.05, 0) is 45.6 Å². The Morgan fingerprint density at radius 1 is 1.25 bits per heavy atom. The standard InChI is InChI=1S/C17H27N3O3S/c1-5-20(11-14(21)19-17(2,3)4)15(22)7-6-9-18-16(23)13-8-10-24-12-13/h8,10,12H,5-7,9,11H2,1-4H3,(H,18,23)(H,19,21). The van der Waals surface area contributed by atoms with E-state index in [0.717, 1.165) is 0 Å². The maximum atomic E-state index is 12.2. The van der Waals surface area contributed by atoms with Crippen LogP contribution in [0.25, 0.3) is 0 Å². The molecule has 0 saturated heterocycles. The first kappa shape index (κ1) is 20.2. The van der Waals surface area contributed by atoms with E-state index in [0.29, 0.717) is 31.5 Å². The molecular weight excluding hydrogens is 326 g/mol. The van der Waals surface area contributed by atoms with Gasteiger partial charge in [-0.3, -0.25) is 14.4 Å². The molecule has 1 aromatic rings. The molecule has 3 amide bonds. The van der Waals surface area contributed by atoms with Gasteiger partial charge in [-0.15, -0.1) is 0 Å². The molecule has 1 heterocycles. The van der Waals surface area contributed by atoms with Crippen LogP contribution in [0.4, 0.5) is 0 Å². The second-order valence-corrected chi connectivity index (χ2v) is 7.36. The topological polar surface area (TPSA) is 78.5 Å². The maximum absolute atomic E-state index is 12.2. The smallest absolute Gasteiger partial charge is 0.252 e. The summed E-state index contributed by atoms with van der Waals surface area (Å²) in [6.45, 7) is 8.54. The minimum atomic E-state index is -0.314. The van der Waals surface area contributed by atoms with Crippen molar-refractivity contribution >= 4 is 29.1 Å². The fraction of sp³-hybridized carbons (Fsp3) is 0.588. The largest absolute Gasteiger partial charge is 0.352 e. The van der Waals surface area contributed by atoms with Gasteiger partial charge in [0, 0.05) is 36.0 Å². The van der Waals surface area contributed by atoms with E-state index in [4.69, 9.17) is 0 Å². The second kappa shape index (κ2) is 9.42. The molecule has 0 radical (unpaired) electrons. The Balaban J connectivity index is 2.31. The van der Waals surface area contributed by atoms with Crippen molar-refractivity contribution in [2.24, 2.45) is 0 Å². The number of amides is 3. The van der Waals surface area contributed by atoms with Crippen molar-refractivity contribution < 1.29 is 14.4 Å². The van der Waals surface area contributed by atoms with Crippen LogP contribution in [0.2, 0.25) is 0 Å². The Labute approximate surface area is 147 Å². The molecule has 0 bridgehead atoms. The van der Waals surface area contributed by atoms with Crippen LogP contribution in [0.15, 0.2) is 16.8 Å². The van der Waals surface area contributed by atoms with Crippen LogP contribution in [0.1, 0.15) is 50.9 Å². The SMILES string of the molecule is CCN(CC(=O)NC(C)(C)C)C(=O)CCCNC(=O)c1ccsc1. The van der Waals surface area contributed by atoms with E-state index in [1.54, 1.807) is 11.4 Å². The lowest BCUT2D eigenvalue weighted by atomic mass is 10.1. The third-order valence-corrected chi connectivity index (χ3v) is 3.90. The Morgan fingerprint density at radius 2 is 1.96 bits per heavy atom. The number of hydrogen-bond donors (Lipinski definition) is 2. The highest BCUT2D eigenvalue weighted by Gasteiger charge is 2.19. The molecule has 0 aliphatic carbocycles. The van der Waals surface area contributed by atoms with Gasteiger partial charge in [-0.2, -0.15) is 11.3 Å². The summed E-state index contributed by atoms with van der Waals surface area (Å²) in [4.78, 5) is 37.4. The fourth-order valence-electron chi connectivity index (χ4n) is 2.10. The molecule has 0 spiro atoms. The molecular formula is C17H27N3O3S. The Bertz CT molecular complexity index is 550. The number of rotatable bonds is 8. The number of carbonyl (C=O) groups is 3. The average molecular weight is 353 g/mol. The molecule has 1 rings (SSSR count). The minimum absolute atomic E-state index is 0.0634. The average Bonchev–Trinajstić information content (AvgIpc) is 3.01. The lowest BCUT2D eigenvalue weighted by Crippen LogP contribution is -2.47. The minimum Gasteiger partial charge on any atom is -0.352 e. The number of nitrogens with one attached hydrogen (secondary N) is 2. The molecule has 1 aromatic heterocycles. The second-order valence-electron chi connectivity index (χ2n) is 6.58. The van der Waals surface area contributed by atoms with Gasteiger partial charge >= 0.3 is 0 Å². The van der Waals surface area contributed by atoms with Crippen molar-refractivity contribution in [3.8, 4) is 0 Å². The molecule has 7 heteroatoms. The van der Waals surface area contributed by atoms with Crippen molar-refractivity contribution in [3.05, 3.63) is 22.4 Å². The number of likely N-dealkylation sites (N-methyl/N-ethyl adjacent to an activating group) is 1. The van der Waals surface area contributed by atoms with Crippen LogP contribution in [0.3, 0.4) is 0 Å². The van der Waals surface area contributed by atoms with E-state index >= 15 is 0 Å². The molecule has 0 aromatic carbocycles. The molecule has 0 saturated carbocycles. The Hall–Kier alpha value is -1.89. The first-order valence-corrected chi connectivity index (χ1v) is 9.06. The predicted octanol–water partition coefficient (Wildman–Crippen LogP) is 2.02. The van der Waals surface area contributed by atoms with Gasteiger partial charge in [0.1, 0.15) is 0 Å². The van der Waals surface area contributed by atoms with Crippen molar-refractivity contribution in [2.45, 2.75) is 46.1 Å². The number of nitrogens with zero attached hydrogens (tertiary/aromatic N) is 1. The molecule has 2 N–H and O–H groups in total. The van der Waals surface area contributed by atoms with Crippen LogP contribution >= 0.6 is 11.3 Å². The third-order valence-electron chi connectivity index (χ3n) is 3.22. The summed E-state index contributed by atoms with van der Waals surface area (Å²) < 4.78 is 0. The van der Waals surface area contributed by atoms with Gasteiger partial charge in [0.05, 0.1) is 6.54 Å².